The summed E-state index contributed by atoms with van der Waals surface area (Å²) in [5.41, 5.74) is 6.28. The maximum Gasteiger partial charge on any atom is 0.243 e. The molecule has 0 radical (unpaired) electrons. The van der Waals surface area contributed by atoms with E-state index in [0.717, 1.165) is 11.3 Å². The van der Waals surface area contributed by atoms with Gasteiger partial charge in [0.15, 0.2) is 0 Å². The van der Waals surface area contributed by atoms with Crippen molar-refractivity contribution in [1.82, 2.24) is 10.2 Å². The Hall–Kier alpha value is -0.950. The van der Waals surface area contributed by atoms with Crippen LogP contribution in [-0.4, -0.2) is 35.3 Å². The minimum Gasteiger partial charge on any atom is -0.326 e. The number of halogens is 1. The number of carbonyl (C=O) groups is 2. The Morgan fingerprint density at radius 1 is 1.48 bits per heavy atom. The van der Waals surface area contributed by atoms with Gasteiger partial charge in [-0.05, 0) is 25.0 Å². The van der Waals surface area contributed by atoms with E-state index in [1.807, 2.05) is 30.9 Å². The number of hydrogen-bond acceptors (Lipinski definition) is 5. The molecule has 0 bridgehead atoms. The highest BCUT2D eigenvalue weighted by atomic mass is 35.5. The molecule has 0 saturated carbocycles. The number of hydrogen-bond donors (Lipinski definition) is 2. The molecule has 0 spiro atoms. The van der Waals surface area contributed by atoms with Crippen LogP contribution in [0.25, 0.3) is 0 Å². The van der Waals surface area contributed by atoms with Crippen LogP contribution in [-0.2, 0) is 9.59 Å². The predicted molar refractivity (Wildman–Crippen MR) is 84.3 cm³/mol. The molecule has 3 unspecified atom stereocenters. The molecular formula is C14H20ClN3O2S. The van der Waals surface area contributed by atoms with E-state index in [1.165, 1.54) is 11.3 Å². The molecule has 1 aliphatic rings. The van der Waals surface area contributed by atoms with Gasteiger partial charge in [-0.25, -0.2) is 0 Å². The molecule has 116 valence electrons. The van der Waals surface area contributed by atoms with Crippen LogP contribution in [0, 0.1) is 0 Å². The van der Waals surface area contributed by atoms with Crippen molar-refractivity contribution in [3.8, 4) is 0 Å². The Kier molecular flexibility index (Phi) is 5.37. The van der Waals surface area contributed by atoms with Gasteiger partial charge in [0.2, 0.25) is 11.8 Å². The fourth-order valence-electron chi connectivity index (χ4n) is 2.73. The largest absolute Gasteiger partial charge is 0.326 e. The van der Waals surface area contributed by atoms with Gasteiger partial charge < -0.3 is 5.73 Å². The van der Waals surface area contributed by atoms with Crippen LogP contribution >= 0.6 is 22.9 Å². The Balaban J connectivity index is 2.38. The number of nitrogens with zero attached hydrogens (tertiary/aromatic N) is 1. The Labute approximate surface area is 133 Å². The SMILES string of the molecule is CCC(N)C(c1ccc(Cl)s1)N1CC(=O)NC(=O)C1CC. The van der Waals surface area contributed by atoms with E-state index < -0.39 is 0 Å². The minimum absolute atomic E-state index is 0.160. The molecule has 3 N–H and O–H groups in total. The quantitative estimate of drug-likeness (QED) is 0.809. The first-order chi connectivity index (χ1) is 9.97. The number of piperazine rings is 1. The number of carbonyl (C=O) groups excluding carboxylic acids is 2. The molecular weight excluding hydrogens is 310 g/mol. The second-order valence-electron chi connectivity index (χ2n) is 5.17. The standard InChI is InChI=1S/C14H20ClN3O2S/c1-3-8(16)13(10-5-6-11(15)21-10)18-7-12(19)17-14(20)9(18)4-2/h5-6,8-9,13H,3-4,7,16H2,1-2H3,(H,17,19,20). The Morgan fingerprint density at radius 2 is 2.19 bits per heavy atom. The second-order valence-corrected chi connectivity index (χ2v) is 6.91. The Bertz CT molecular complexity index is 534. The van der Waals surface area contributed by atoms with Crippen LogP contribution in [0.15, 0.2) is 12.1 Å². The molecule has 2 amide bonds. The normalized spacial score (nSPS) is 23.0. The lowest BCUT2D eigenvalue weighted by Gasteiger charge is -2.41. The summed E-state index contributed by atoms with van der Waals surface area (Å²) in [6, 6.07) is 3.08. The van der Waals surface area contributed by atoms with Gasteiger partial charge in [0.1, 0.15) is 0 Å². The molecule has 2 rings (SSSR count). The van der Waals surface area contributed by atoms with Gasteiger partial charge in [-0.1, -0.05) is 25.4 Å². The van der Waals surface area contributed by atoms with Gasteiger partial charge >= 0.3 is 0 Å². The molecule has 2 heterocycles. The summed E-state index contributed by atoms with van der Waals surface area (Å²) in [6.07, 6.45) is 1.38. The summed E-state index contributed by atoms with van der Waals surface area (Å²) in [4.78, 5) is 26.7. The molecule has 7 heteroatoms. The molecule has 3 atom stereocenters. The van der Waals surface area contributed by atoms with Crippen LogP contribution < -0.4 is 11.1 Å². The predicted octanol–water partition coefficient (Wildman–Crippen LogP) is 1.92. The van der Waals surface area contributed by atoms with Crippen molar-refractivity contribution in [2.75, 3.05) is 6.54 Å². The van der Waals surface area contributed by atoms with Crippen LogP contribution in [0.1, 0.15) is 37.6 Å². The number of amides is 2. The molecule has 1 aliphatic heterocycles. The highest BCUT2D eigenvalue weighted by Gasteiger charge is 2.39. The van der Waals surface area contributed by atoms with E-state index in [4.69, 9.17) is 17.3 Å². The molecule has 21 heavy (non-hydrogen) atoms. The van der Waals surface area contributed by atoms with Crippen LogP contribution in [0.2, 0.25) is 4.34 Å². The number of rotatable bonds is 5. The van der Waals surface area contributed by atoms with Gasteiger partial charge in [0.25, 0.3) is 0 Å². The van der Waals surface area contributed by atoms with E-state index in [9.17, 15) is 9.59 Å². The van der Waals surface area contributed by atoms with E-state index in [0.29, 0.717) is 10.8 Å². The topological polar surface area (TPSA) is 75.4 Å². The fraction of sp³-hybridized carbons (Fsp3) is 0.571. The summed E-state index contributed by atoms with van der Waals surface area (Å²) < 4.78 is 0.680. The van der Waals surface area contributed by atoms with Gasteiger partial charge in [0, 0.05) is 10.9 Å². The summed E-state index contributed by atoms with van der Waals surface area (Å²) in [5.74, 6) is -0.523. The number of nitrogens with two attached hydrogens (primary N) is 1. The van der Waals surface area contributed by atoms with Gasteiger partial charge in [-0.15, -0.1) is 11.3 Å². The van der Waals surface area contributed by atoms with Crippen molar-refractivity contribution in [2.24, 2.45) is 5.73 Å². The summed E-state index contributed by atoms with van der Waals surface area (Å²) >= 11 is 7.48. The van der Waals surface area contributed by atoms with Crippen LogP contribution in [0.4, 0.5) is 0 Å². The molecule has 0 aromatic carbocycles. The van der Waals surface area contributed by atoms with Crippen molar-refractivity contribution in [3.05, 3.63) is 21.3 Å². The first-order valence-electron chi connectivity index (χ1n) is 7.08. The number of imide groups is 1. The van der Waals surface area contributed by atoms with Gasteiger partial charge in [-0.2, -0.15) is 0 Å². The van der Waals surface area contributed by atoms with Gasteiger partial charge in [0.05, 0.1) is 23.0 Å². The lowest BCUT2D eigenvalue weighted by atomic mass is 9.98. The van der Waals surface area contributed by atoms with Crippen LogP contribution in [0.3, 0.4) is 0 Å². The van der Waals surface area contributed by atoms with Crippen molar-refractivity contribution < 1.29 is 9.59 Å². The Morgan fingerprint density at radius 3 is 2.71 bits per heavy atom. The zero-order chi connectivity index (χ0) is 15.6. The highest BCUT2D eigenvalue weighted by Crippen LogP contribution is 2.35. The fourth-order valence-corrected chi connectivity index (χ4v) is 3.99. The third-order valence-corrected chi connectivity index (χ3v) is 5.10. The average molecular weight is 330 g/mol. The molecule has 5 nitrogen and oxygen atoms in total. The number of thiophene rings is 1. The summed E-state index contributed by atoms with van der Waals surface area (Å²) in [5, 5.41) is 2.40. The zero-order valence-electron chi connectivity index (χ0n) is 12.1. The van der Waals surface area contributed by atoms with Crippen molar-refractivity contribution in [1.29, 1.82) is 0 Å². The monoisotopic (exact) mass is 329 g/mol. The van der Waals surface area contributed by atoms with Crippen molar-refractivity contribution >= 4 is 34.8 Å². The van der Waals surface area contributed by atoms with E-state index >= 15 is 0 Å². The molecule has 1 saturated heterocycles. The zero-order valence-corrected chi connectivity index (χ0v) is 13.7. The highest BCUT2D eigenvalue weighted by molar-refractivity contribution is 7.16. The second kappa shape index (κ2) is 6.87. The van der Waals surface area contributed by atoms with Gasteiger partial charge in [-0.3, -0.25) is 19.8 Å². The van der Waals surface area contributed by atoms with Crippen LogP contribution in [0.5, 0.6) is 0 Å². The maximum atomic E-state index is 12.1. The van der Waals surface area contributed by atoms with Crippen molar-refractivity contribution in [3.63, 3.8) is 0 Å². The molecule has 0 aliphatic carbocycles. The first-order valence-corrected chi connectivity index (χ1v) is 8.27. The molecule has 1 aromatic heterocycles. The third-order valence-electron chi connectivity index (χ3n) is 3.80. The smallest absolute Gasteiger partial charge is 0.243 e. The lowest BCUT2D eigenvalue weighted by Crippen LogP contribution is -2.60. The summed E-state index contributed by atoms with van der Waals surface area (Å²) in [7, 11) is 0. The van der Waals surface area contributed by atoms with E-state index in [-0.39, 0.29) is 36.5 Å². The molecule has 1 aromatic rings. The molecule has 1 fully saturated rings. The maximum absolute atomic E-state index is 12.1. The minimum atomic E-state index is -0.342. The average Bonchev–Trinajstić information content (AvgIpc) is 2.84. The first kappa shape index (κ1) is 16.4. The van der Waals surface area contributed by atoms with E-state index in [2.05, 4.69) is 5.32 Å². The summed E-state index contributed by atoms with van der Waals surface area (Å²) in [6.45, 7) is 4.11. The number of nitrogens with one attached hydrogen (secondary N) is 1. The van der Waals surface area contributed by atoms with E-state index in [1.54, 1.807) is 0 Å². The van der Waals surface area contributed by atoms with Crippen molar-refractivity contribution in [2.45, 2.75) is 44.8 Å². The lowest BCUT2D eigenvalue weighted by molar-refractivity contribution is -0.142. The third kappa shape index (κ3) is 3.45.